The van der Waals surface area contributed by atoms with Crippen molar-refractivity contribution in [2.75, 3.05) is 0 Å². The summed E-state index contributed by atoms with van der Waals surface area (Å²) in [6, 6.07) is 14.1. The summed E-state index contributed by atoms with van der Waals surface area (Å²) in [4.78, 5) is 27.6. The minimum atomic E-state index is -0.573. The van der Waals surface area contributed by atoms with Crippen molar-refractivity contribution < 1.29 is 9.59 Å². The van der Waals surface area contributed by atoms with Gasteiger partial charge >= 0.3 is 0 Å². The summed E-state index contributed by atoms with van der Waals surface area (Å²) >= 11 is 0. The molecule has 8 nitrogen and oxygen atoms in total. The highest BCUT2D eigenvalue weighted by Crippen LogP contribution is 2.05. The highest BCUT2D eigenvalue weighted by molar-refractivity contribution is 5.97. The second-order valence-electron chi connectivity index (χ2n) is 4.51. The fourth-order valence-electron chi connectivity index (χ4n) is 1.81. The van der Waals surface area contributed by atoms with Crippen LogP contribution in [-0.4, -0.2) is 31.8 Å². The Morgan fingerprint density at radius 2 is 1.57 bits per heavy atom. The molecule has 1 aromatic carbocycles. The first-order chi connectivity index (χ1) is 11.2. The van der Waals surface area contributed by atoms with E-state index in [0.29, 0.717) is 0 Å². The first-order valence-electron chi connectivity index (χ1n) is 6.73. The van der Waals surface area contributed by atoms with Gasteiger partial charge in [-0.2, -0.15) is 0 Å². The molecule has 114 valence electrons. The second-order valence-corrected chi connectivity index (χ2v) is 4.51. The number of rotatable bonds is 3. The number of nitrogens with zero attached hydrogens (tertiary/aromatic N) is 4. The lowest BCUT2D eigenvalue weighted by Crippen LogP contribution is -2.42. The summed E-state index contributed by atoms with van der Waals surface area (Å²) in [6.07, 6.45) is 2.96. The molecule has 0 saturated carbocycles. The Kier molecular flexibility index (Phi) is 4.05. The molecular weight excluding hydrogens is 296 g/mol. The van der Waals surface area contributed by atoms with E-state index >= 15 is 0 Å². The lowest BCUT2D eigenvalue weighted by molar-refractivity contribution is 0.0841. The molecule has 0 spiro atoms. The molecule has 0 aliphatic heterocycles. The summed E-state index contributed by atoms with van der Waals surface area (Å²) in [5.74, 6) is -1.09. The monoisotopic (exact) mass is 308 g/mol. The highest BCUT2D eigenvalue weighted by atomic mass is 16.2. The van der Waals surface area contributed by atoms with E-state index in [4.69, 9.17) is 0 Å². The molecule has 2 amide bonds. The van der Waals surface area contributed by atoms with Gasteiger partial charge in [0.2, 0.25) is 0 Å². The van der Waals surface area contributed by atoms with Crippen molar-refractivity contribution in [1.82, 2.24) is 30.8 Å². The lowest BCUT2D eigenvalue weighted by Gasteiger charge is -2.04. The van der Waals surface area contributed by atoms with Crippen molar-refractivity contribution in [2.45, 2.75) is 0 Å². The number of pyridine rings is 1. The quantitative estimate of drug-likeness (QED) is 0.695. The van der Waals surface area contributed by atoms with Crippen molar-refractivity contribution in [3.05, 3.63) is 72.3 Å². The maximum atomic E-state index is 12.0. The zero-order valence-corrected chi connectivity index (χ0v) is 11.9. The Morgan fingerprint density at radius 3 is 2.26 bits per heavy atom. The largest absolute Gasteiger partial charge is 0.291 e. The van der Waals surface area contributed by atoms with E-state index in [0.717, 1.165) is 5.69 Å². The molecule has 2 aromatic heterocycles. The van der Waals surface area contributed by atoms with Gasteiger partial charge in [-0.05, 0) is 24.3 Å². The number of hydrogen-bond donors (Lipinski definition) is 2. The fraction of sp³-hybridized carbons (Fsp3) is 0. The minimum Gasteiger partial charge on any atom is -0.266 e. The number of amides is 2. The number of para-hydroxylation sites is 1. The molecule has 3 rings (SSSR count). The average Bonchev–Trinajstić information content (AvgIpc) is 3.11. The standard InChI is InChI=1S/C15H12N6O2/c22-14(12-8-4-5-9-16-12)18-19-15(23)13-10-21(20-17-13)11-6-2-1-3-7-11/h1-10H,(H,18,22)(H,19,23). The van der Waals surface area contributed by atoms with Crippen LogP contribution in [0, 0.1) is 0 Å². The first kappa shape index (κ1) is 14.4. The Hall–Kier alpha value is -3.55. The van der Waals surface area contributed by atoms with Crippen LogP contribution in [0.3, 0.4) is 0 Å². The predicted molar refractivity (Wildman–Crippen MR) is 80.5 cm³/mol. The topological polar surface area (TPSA) is 102 Å². The van der Waals surface area contributed by atoms with E-state index in [-0.39, 0.29) is 11.4 Å². The fourth-order valence-corrected chi connectivity index (χ4v) is 1.81. The van der Waals surface area contributed by atoms with Gasteiger partial charge in [-0.3, -0.25) is 25.4 Å². The van der Waals surface area contributed by atoms with Crippen LogP contribution < -0.4 is 10.9 Å². The van der Waals surface area contributed by atoms with Crippen LogP contribution in [0.5, 0.6) is 0 Å². The Balaban J connectivity index is 1.63. The van der Waals surface area contributed by atoms with Crippen LogP contribution in [0.2, 0.25) is 0 Å². The van der Waals surface area contributed by atoms with E-state index in [1.165, 1.54) is 23.1 Å². The number of aromatic nitrogens is 4. The van der Waals surface area contributed by atoms with Crippen LogP contribution in [0.1, 0.15) is 21.0 Å². The number of carbonyl (C=O) groups is 2. The van der Waals surface area contributed by atoms with Gasteiger partial charge in [0, 0.05) is 6.20 Å². The Bertz CT molecular complexity index is 816. The zero-order valence-electron chi connectivity index (χ0n) is 11.9. The summed E-state index contributed by atoms with van der Waals surface area (Å²) in [5.41, 5.74) is 5.58. The number of nitrogens with one attached hydrogen (secondary N) is 2. The van der Waals surface area contributed by atoms with Crippen molar-refractivity contribution in [1.29, 1.82) is 0 Å². The van der Waals surface area contributed by atoms with Crippen molar-refractivity contribution in [3.8, 4) is 5.69 Å². The summed E-state index contributed by atoms with van der Waals surface area (Å²) in [5, 5.41) is 7.65. The van der Waals surface area contributed by atoms with Crippen LogP contribution in [0.4, 0.5) is 0 Å². The van der Waals surface area contributed by atoms with Gasteiger partial charge in [-0.25, -0.2) is 4.68 Å². The van der Waals surface area contributed by atoms with Gasteiger partial charge in [-0.1, -0.05) is 29.5 Å². The van der Waals surface area contributed by atoms with E-state index in [2.05, 4.69) is 26.1 Å². The van der Waals surface area contributed by atoms with E-state index < -0.39 is 11.8 Å². The van der Waals surface area contributed by atoms with Gasteiger partial charge in [0.05, 0.1) is 11.9 Å². The maximum Gasteiger partial charge on any atom is 0.291 e. The number of hydrogen-bond acceptors (Lipinski definition) is 5. The molecular formula is C15H12N6O2. The van der Waals surface area contributed by atoms with Gasteiger partial charge in [0.25, 0.3) is 11.8 Å². The van der Waals surface area contributed by atoms with Crippen LogP contribution in [0.15, 0.2) is 60.9 Å². The van der Waals surface area contributed by atoms with Gasteiger partial charge in [0.1, 0.15) is 5.69 Å². The van der Waals surface area contributed by atoms with Crippen molar-refractivity contribution >= 4 is 11.8 Å². The highest BCUT2D eigenvalue weighted by Gasteiger charge is 2.13. The van der Waals surface area contributed by atoms with Crippen molar-refractivity contribution in [2.24, 2.45) is 0 Å². The van der Waals surface area contributed by atoms with Crippen LogP contribution in [0.25, 0.3) is 5.69 Å². The molecule has 0 atom stereocenters. The molecule has 0 unspecified atom stereocenters. The average molecular weight is 308 g/mol. The Morgan fingerprint density at radius 1 is 0.870 bits per heavy atom. The van der Waals surface area contributed by atoms with Crippen LogP contribution in [-0.2, 0) is 0 Å². The third-order valence-electron chi connectivity index (χ3n) is 2.93. The second kappa shape index (κ2) is 6.48. The third-order valence-corrected chi connectivity index (χ3v) is 2.93. The molecule has 2 N–H and O–H groups in total. The molecule has 0 radical (unpaired) electrons. The Labute approximate surface area is 131 Å². The lowest BCUT2D eigenvalue weighted by atomic mass is 10.3. The molecule has 3 aromatic rings. The summed E-state index contributed by atoms with van der Waals surface area (Å²) in [7, 11) is 0. The van der Waals surface area contributed by atoms with E-state index in [9.17, 15) is 9.59 Å². The molecule has 0 fully saturated rings. The van der Waals surface area contributed by atoms with E-state index in [1.807, 2.05) is 30.3 Å². The first-order valence-corrected chi connectivity index (χ1v) is 6.73. The molecule has 0 aliphatic rings. The molecule has 0 bridgehead atoms. The molecule has 23 heavy (non-hydrogen) atoms. The van der Waals surface area contributed by atoms with Gasteiger partial charge in [-0.15, -0.1) is 5.10 Å². The minimum absolute atomic E-state index is 0.0789. The summed E-state index contributed by atoms with van der Waals surface area (Å²) in [6.45, 7) is 0. The normalized spacial score (nSPS) is 10.1. The SMILES string of the molecule is O=C(NNC(=O)c1cn(-c2ccccc2)nn1)c1ccccn1. The molecule has 8 heteroatoms. The van der Waals surface area contributed by atoms with Crippen molar-refractivity contribution in [3.63, 3.8) is 0 Å². The van der Waals surface area contributed by atoms with Crippen LogP contribution >= 0.6 is 0 Å². The molecule has 2 heterocycles. The smallest absolute Gasteiger partial charge is 0.266 e. The number of benzene rings is 1. The van der Waals surface area contributed by atoms with E-state index in [1.54, 1.807) is 12.1 Å². The molecule has 0 saturated heterocycles. The third kappa shape index (κ3) is 3.38. The number of carbonyl (C=O) groups excluding carboxylic acids is 2. The summed E-state index contributed by atoms with van der Waals surface area (Å²) < 4.78 is 1.47. The maximum absolute atomic E-state index is 12.0. The zero-order chi connectivity index (χ0) is 16.1. The predicted octanol–water partition coefficient (Wildman–Crippen LogP) is 0.737. The van der Waals surface area contributed by atoms with Gasteiger partial charge in [0.15, 0.2) is 5.69 Å². The molecule has 0 aliphatic carbocycles. The van der Waals surface area contributed by atoms with Gasteiger partial charge < -0.3 is 0 Å². The number of hydrazine groups is 1.